The van der Waals surface area contributed by atoms with Gasteiger partial charge in [0.2, 0.25) is 5.91 Å². The van der Waals surface area contributed by atoms with Gasteiger partial charge in [0.05, 0.1) is 0 Å². The summed E-state index contributed by atoms with van der Waals surface area (Å²) in [4.78, 5) is 13.9. The number of hydrogen-bond donors (Lipinski definition) is 1. The van der Waals surface area contributed by atoms with Crippen molar-refractivity contribution < 1.29 is 30.6 Å². The fourth-order valence-electron chi connectivity index (χ4n) is 1.57. The van der Waals surface area contributed by atoms with Crippen molar-refractivity contribution in [2.45, 2.75) is 32.1 Å². The van der Waals surface area contributed by atoms with E-state index in [4.69, 9.17) is 0 Å². The molecule has 0 aromatic heterocycles. The summed E-state index contributed by atoms with van der Waals surface area (Å²) in [6.07, 6.45) is 6.06. The van der Waals surface area contributed by atoms with Crippen LogP contribution in [-0.4, -0.2) is 16.3 Å². The smallest absolute Gasteiger partial charge is 0.214 e. The fraction of sp³-hybridized carbons (Fsp3) is 0.857. The minimum Gasteiger partial charge on any atom is -0.390 e. The van der Waals surface area contributed by atoms with Crippen LogP contribution in [0.1, 0.15) is 32.1 Å². The third kappa shape index (κ3) is 3.65. The van der Waals surface area contributed by atoms with Crippen LogP contribution < -0.4 is 4.98 Å². The Morgan fingerprint density at radius 3 is 2.27 bits per heavy atom. The Bertz CT molecular complexity index is 126. The van der Waals surface area contributed by atoms with Gasteiger partial charge >= 0.3 is 0 Å². The molecule has 11 heavy (non-hydrogen) atoms. The molecule has 0 spiro atoms. The molecule has 62 valence electrons. The van der Waals surface area contributed by atoms with Crippen LogP contribution in [0, 0.1) is 5.92 Å². The summed E-state index contributed by atoms with van der Waals surface area (Å²) < 4.78 is 0. The van der Waals surface area contributed by atoms with E-state index < -0.39 is 0 Å². The van der Waals surface area contributed by atoms with E-state index in [-0.39, 0.29) is 25.8 Å². The van der Waals surface area contributed by atoms with E-state index in [1.165, 1.54) is 19.3 Å². The molecule has 0 atom stereocenters. The molecule has 1 N–H and O–H groups in total. The Kier molecular flexibility index (Phi) is 6.42. The number of amides is 1. The number of nitrogens with one attached hydrogen (secondary N) is 1. The maximum Gasteiger partial charge on any atom is 0.214 e. The number of carbonyl (C=O) groups excluding carboxylic acids is 1. The summed E-state index contributed by atoms with van der Waals surface area (Å²) in [5.74, 6) is 0.651. The third-order valence-electron chi connectivity index (χ3n) is 2.22. The molecule has 1 aliphatic carbocycles. The molecule has 0 saturated heterocycles. The van der Waals surface area contributed by atoms with Crippen molar-refractivity contribution in [3.63, 3.8) is 0 Å². The van der Waals surface area contributed by atoms with Gasteiger partial charge < -0.3 is 4.98 Å². The molecule has 1 fully saturated rings. The van der Waals surface area contributed by atoms with E-state index in [0.29, 0.717) is 11.8 Å². The number of hydrogen-bond acceptors (Lipinski definition) is 1. The van der Waals surface area contributed by atoms with Gasteiger partial charge in [-0.25, -0.2) is 0 Å². The van der Waals surface area contributed by atoms with Gasteiger partial charge in [0.15, 0.2) is 0 Å². The first-order valence-electron chi connectivity index (χ1n) is 4.06. The quantitative estimate of drug-likeness (QED) is 0.670. The molecular weight excluding hydrogens is 321 g/mol. The van der Waals surface area contributed by atoms with Crippen molar-refractivity contribution in [3.05, 3.63) is 0 Å². The molecule has 0 aliphatic heterocycles. The molecule has 2 nitrogen and oxygen atoms in total. The standard InChI is InChI=1S/C7H15NOSi.Hf/c9-7(8-10)6-4-2-1-3-5-6;/h6H,1-5H2,10H3,(H,8,9);. The maximum absolute atomic E-state index is 11.1. The minimum atomic E-state index is 0. The van der Waals surface area contributed by atoms with Crippen LogP contribution in [0.5, 0.6) is 0 Å². The van der Waals surface area contributed by atoms with Crippen LogP contribution in [0.15, 0.2) is 0 Å². The number of rotatable bonds is 1. The molecule has 0 unspecified atom stereocenters. The number of carbonyl (C=O) groups is 1. The molecular formula is C7H15HfNOSi. The van der Waals surface area contributed by atoms with Crippen molar-refractivity contribution in [2.75, 3.05) is 0 Å². The largest absolute Gasteiger partial charge is 0.390 e. The predicted molar refractivity (Wildman–Crippen MR) is 44.7 cm³/mol. The zero-order valence-electron chi connectivity index (χ0n) is 7.02. The Labute approximate surface area is 89.8 Å². The fourth-order valence-corrected chi connectivity index (χ4v) is 1.98. The average Bonchev–Trinajstić information content (AvgIpc) is 2.05. The van der Waals surface area contributed by atoms with E-state index in [0.717, 1.165) is 23.2 Å². The summed E-state index contributed by atoms with van der Waals surface area (Å²) in [7, 11) is 0.807. The molecule has 1 rings (SSSR count). The minimum absolute atomic E-state index is 0. The van der Waals surface area contributed by atoms with Crippen molar-refractivity contribution in [1.29, 1.82) is 0 Å². The summed E-state index contributed by atoms with van der Waals surface area (Å²) >= 11 is 0. The molecule has 0 radical (unpaired) electrons. The monoisotopic (exact) mass is 337 g/mol. The van der Waals surface area contributed by atoms with Crippen LogP contribution in [-0.2, 0) is 30.6 Å². The molecule has 0 heterocycles. The van der Waals surface area contributed by atoms with E-state index in [1.807, 2.05) is 0 Å². The first-order chi connectivity index (χ1) is 4.84. The van der Waals surface area contributed by atoms with E-state index in [2.05, 4.69) is 4.98 Å². The van der Waals surface area contributed by atoms with Crippen molar-refractivity contribution in [3.8, 4) is 0 Å². The van der Waals surface area contributed by atoms with Gasteiger partial charge in [-0.1, -0.05) is 19.3 Å². The van der Waals surface area contributed by atoms with Crippen molar-refractivity contribution in [1.82, 2.24) is 4.98 Å². The summed E-state index contributed by atoms with van der Waals surface area (Å²) in [6, 6.07) is 0. The average molecular weight is 336 g/mol. The van der Waals surface area contributed by atoms with Gasteiger partial charge in [-0.3, -0.25) is 4.79 Å². The van der Waals surface area contributed by atoms with Crippen molar-refractivity contribution in [2.24, 2.45) is 5.92 Å². The van der Waals surface area contributed by atoms with Gasteiger partial charge in [0.1, 0.15) is 10.4 Å². The van der Waals surface area contributed by atoms with Gasteiger partial charge in [0, 0.05) is 31.8 Å². The van der Waals surface area contributed by atoms with E-state index in [9.17, 15) is 4.79 Å². The van der Waals surface area contributed by atoms with Crippen LogP contribution in [0.2, 0.25) is 0 Å². The second kappa shape index (κ2) is 6.12. The van der Waals surface area contributed by atoms with E-state index in [1.54, 1.807) is 0 Å². The normalized spacial score (nSPS) is 18.9. The van der Waals surface area contributed by atoms with Crippen LogP contribution in [0.25, 0.3) is 0 Å². The second-order valence-corrected chi connectivity index (χ2v) is 3.45. The zero-order chi connectivity index (χ0) is 7.40. The topological polar surface area (TPSA) is 29.1 Å². The van der Waals surface area contributed by atoms with Crippen LogP contribution >= 0.6 is 0 Å². The molecule has 4 heteroatoms. The first-order valence-corrected chi connectivity index (χ1v) is 5.06. The van der Waals surface area contributed by atoms with Crippen LogP contribution in [0.3, 0.4) is 0 Å². The third-order valence-corrected chi connectivity index (χ3v) is 2.72. The van der Waals surface area contributed by atoms with Gasteiger partial charge in [0.25, 0.3) is 0 Å². The zero-order valence-corrected chi connectivity index (χ0v) is 12.6. The molecule has 1 saturated carbocycles. The van der Waals surface area contributed by atoms with Crippen molar-refractivity contribution >= 4 is 16.3 Å². The SMILES string of the molecule is O=C(N[SiH3])C1CCCCC1.[Hf]. The molecule has 1 amide bonds. The molecule has 0 bridgehead atoms. The maximum atomic E-state index is 11.1. The van der Waals surface area contributed by atoms with Gasteiger partial charge in [-0.05, 0) is 12.8 Å². The Morgan fingerprint density at radius 1 is 1.27 bits per heavy atom. The summed E-state index contributed by atoms with van der Waals surface area (Å²) in [5, 5.41) is 0. The Hall–Kier alpha value is 0.557. The van der Waals surface area contributed by atoms with Crippen LogP contribution in [0.4, 0.5) is 0 Å². The predicted octanol–water partition coefficient (Wildman–Crippen LogP) is -0.0392. The summed E-state index contributed by atoms with van der Waals surface area (Å²) in [5.41, 5.74) is 0. The van der Waals surface area contributed by atoms with E-state index >= 15 is 0 Å². The Morgan fingerprint density at radius 2 is 1.82 bits per heavy atom. The molecule has 0 aromatic rings. The van der Waals surface area contributed by atoms with Gasteiger partial charge in [-0.2, -0.15) is 0 Å². The second-order valence-electron chi connectivity index (χ2n) is 2.95. The summed E-state index contributed by atoms with van der Waals surface area (Å²) in [6.45, 7) is 0. The molecule has 0 aromatic carbocycles. The first kappa shape index (κ1) is 11.6. The molecule has 1 aliphatic rings. The Balaban J connectivity index is 0.000001000. The van der Waals surface area contributed by atoms with Gasteiger partial charge in [-0.15, -0.1) is 0 Å².